The van der Waals surface area contributed by atoms with E-state index in [0.29, 0.717) is 19.3 Å². The third kappa shape index (κ3) is 42.4. The molecule has 1 unspecified atom stereocenters. The van der Waals surface area contributed by atoms with Crippen LogP contribution in [0.4, 0.5) is 0 Å². The maximum atomic E-state index is 12.6. The van der Waals surface area contributed by atoms with Crippen LogP contribution in [0.25, 0.3) is 0 Å². The summed E-state index contributed by atoms with van der Waals surface area (Å²) >= 11 is 0. The zero-order chi connectivity index (χ0) is 41.8. The van der Waals surface area contributed by atoms with Gasteiger partial charge in [-0.25, -0.2) is 4.57 Å². The minimum atomic E-state index is -4.41. The van der Waals surface area contributed by atoms with Gasteiger partial charge in [-0.3, -0.25) is 18.6 Å². The van der Waals surface area contributed by atoms with E-state index in [2.05, 4.69) is 92.8 Å². The van der Waals surface area contributed by atoms with Gasteiger partial charge < -0.3 is 20.1 Å². The predicted octanol–water partition coefficient (Wildman–Crippen LogP) is 12.6. The largest absolute Gasteiger partial charge is 0.472 e. The molecular formula is C47H78NO8P. The molecule has 0 aromatic rings. The van der Waals surface area contributed by atoms with Crippen molar-refractivity contribution in [1.29, 1.82) is 0 Å². The van der Waals surface area contributed by atoms with Gasteiger partial charge in [-0.15, -0.1) is 0 Å². The van der Waals surface area contributed by atoms with Gasteiger partial charge in [-0.05, 0) is 83.5 Å². The highest BCUT2D eigenvalue weighted by molar-refractivity contribution is 7.47. The molecule has 10 heteroatoms. The van der Waals surface area contributed by atoms with E-state index in [9.17, 15) is 19.0 Å². The lowest BCUT2D eigenvalue weighted by Crippen LogP contribution is -2.29. The molecule has 0 saturated heterocycles. The van der Waals surface area contributed by atoms with E-state index in [0.717, 1.165) is 44.9 Å². The molecular weight excluding hydrogens is 737 g/mol. The molecule has 57 heavy (non-hydrogen) atoms. The summed E-state index contributed by atoms with van der Waals surface area (Å²) in [5.74, 6) is -0.996. The molecule has 3 N–H and O–H groups in total. The van der Waals surface area contributed by atoms with E-state index in [1.165, 1.54) is 64.2 Å². The van der Waals surface area contributed by atoms with Gasteiger partial charge in [0, 0.05) is 19.4 Å². The Morgan fingerprint density at radius 2 is 0.947 bits per heavy atom. The summed E-state index contributed by atoms with van der Waals surface area (Å²) in [6, 6.07) is 0. The van der Waals surface area contributed by atoms with Crippen molar-refractivity contribution in [2.75, 3.05) is 26.4 Å². The van der Waals surface area contributed by atoms with E-state index in [4.69, 9.17) is 24.3 Å². The molecule has 0 aromatic heterocycles. The van der Waals surface area contributed by atoms with Gasteiger partial charge in [0.2, 0.25) is 0 Å². The molecule has 0 bridgehead atoms. The highest BCUT2D eigenvalue weighted by Crippen LogP contribution is 2.43. The van der Waals surface area contributed by atoms with Crippen molar-refractivity contribution >= 4 is 19.8 Å². The topological polar surface area (TPSA) is 134 Å². The molecule has 0 aliphatic rings. The third-order valence-electron chi connectivity index (χ3n) is 8.46. The van der Waals surface area contributed by atoms with E-state index in [-0.39, 0.29) is 32.6 Å². The van der Waals surface area contributed by atoms with Gasteiger partial charge in [0.15, 0.2) is 6.10 Å². The number of esters is 2. The molecule has 0 saturated carbocycles. The van der Waals surface area contributed by atoms with Crippen LogP contribution in [0.3, 0.4) is 0 Å². The minimum absolute atomic E-state index is 0.0311. The maximum Gasteiger partial charge on any atom is 0.472 e. The molecule has 0 aliphatic heterocycles. The molecule has 324 valence electrons. The van der Waals surface area contributed by atoms with Crippen molar-refractivity contribution in [1.82, 2.24) is 0 Å². The molecule has 9 nitrogen and oxygen atoms in total. The van der Waals surface area contributed by atoms with Crippen LogP contribution in [0.15, 0.2) is 97.2 Å². The SMILES string of the molecule is CCCCC/C=C/C/C=C/C/C=C/C/C=C/C/C=C/CCC(=O)OC[C@H](COP(=O)(O)OCCN)OC(=O)CCC/C=C/C/C=C/C/C=C/CCCCCCCC. The predicted molar refractivity (Wildman–Crippen MR) is 238 cm³/mol. The van der Waals surface area contributed by atoms with Crippen LogP contribution in [-0.4, -0.2) is 49.3 Å². The third-order valence-corrected chi connectivity index (χ3v) is 9.44. The molecule has 0 spiro atoms. The van der Waals surface area contributed by atoms with E-state index >= 15 is 0 Å². The van der Waals surface area contributed by atoms with Crippen LogP contribution in [0, 0.1) is 0 Å². The molecule has 0 amide bonds. The molecule has 2 atom stereocenters. The number of phosphoric ester groups is 1. The summed E-state index contributed by atoms with van der Waals surface area (Å²) in [6.07, 6.45) is 54.6. The van der Waals surface area contributed by atoms with Crippen LogP contribution in [0.1, 0.15) is 155 Å². The fraction of sp³-hybridized carbons (Fsp3) is 0.617. The Morgan fingerprint density at radius 3 is 1.46 bits per heavy atom. The molecule has 0 heterocycles. The van der Waals surface area contributed by atoms with Crippen molar-refractivity contribution in [3.05, 3.63) is 97.2 Å². The summed E-state index contributed by atoms with van der Waals surface area (Å²) in [7, 11) is -4.41. The normalized spacial score (nSPS) is 14.2. The van der Waals surface area contributed by atoms with Crippen molar-refractivity contribution in [3.63, 3.8) is 0 Å². The maximum absolute atomic E-state index is 12.6. The van der Waals surface area contributed by atoms with Crippen molar-refractivity contribution in [2.45, 2.75) is 161 Å². The average molecular weight is 816 g/mol. The average Bonchev–Trinajstić information content (AvgIpc) is 3.20. The smallest absolute Gasteiger partial charge is 0.462 e. The first-order chi connectivity index (χ1) is 27.8. The zero-order valence-electron chi connectivity index (χ0n) is 35.5. The van der Waals surface area contributed by atoms with E-state index < -0.39 is 32.5 Å². The summed E-state index contributed by atoms with van der Waals surface area (Å²) in [5.41, 5.74) is 5.34. The number of rotatable bonds is 39. The fourth-order valence-electron chi connectivity index (χ4n) is 5.22. The van der Waals surface area contributed by atoms with Crippen molar-refractivity contribution in [3.8, 4) is 0 Å². The van der Waals surface area contributed by atoms with Gasteiger partial charge in [-0.2, -0.15) is 0 Å². The number of ether oxygens (including phenoxy) is 2. The number of allylic oxidation sites excluding steroid dienone is 16. The monoisotopic (exact) mass is 816 g/mol. The Kier molecular flexibility index (Phi) is 40.2. The molecule has 0 rings (SSSR count). The van der Waals surface area contributed by atoms with Crippen molar-refractivity contribution in [2.24, 2.45) is 5.73 Å². The van der Waals surface area contributed by atoms with Crippen LogP contribution < -0.4 is 5.73 Å². The standard InChI is InChI=1S/C47H78NO8P/c1-3-5-7-9-11-13-15-17-19-21-22-24-25-27-29-31-33-35-37-39-46(49)53-43-45(44-55-57(51,52)54-42-41-48)56-47(50)40-38-36-34-32-30-28-26-23-20-18-16-14-12-10-8-6-4-2/h11,13,17-20,22,24,26-29,32-35,45H,3-10,12,14-16,21,23,25,30-31,36-44,48H2,1-2H3,(H,51,52)/b13-11+,19-17+,20-18+,24-22+,28-26+,29-27+,34-32+,35-33+/t45-/m1/s1. The number of hydrogen-bond acceptors (Lipinski definition) is 8. The number of unbranched alkanes of at least 4 members (excludes halogenated alkanes) is 10. The number of phosphoric acid groups is 1. The van der Waals surface area contributed by atoms with E-state index in [1.54, 1.807) is 0 Å². The second kappa shape index (κ2) is 42.5. The first-order valence-electron chi connectivity index (χ1n) is 21.7. The lowest BCUT2D eigenvalue weighted by atomic mass is 10.1. The summed E-state index contributed by atoms with van der Waals surface area (Å²) in [5, 5.41) is 0. The summed E-state index contributed by atoms with van der Waals surface area (Å²) < 4.78 is 32.6. The number of nitrogens with two attached hydrogens (primary N) is 1. The van der Waals surface area contributed by atoms with E-state index in [1.807, 2.05) is 18.2 Å². The molecule has 0 fully saturated rings. The van der Waals surface area contributed by atoms with Gasteiger partial charge in [0.25, 0.3) is 0 Å². The van der Waals surface area contributed by atoms with Crippen molar-refractivity contribution < 1.29 is 37.6 Å². The first-order valence-corrected chi connectivity index (χ1v) is 23.2. The first kappa shape index (κ1) is 53.9. The Labute approximate surface area is 346 Å². The number of carbonyl (C=O) groups is 2. The van der Waals surface area contributed by atoms with Gasteiger partial charge in [0.05, 0.1) is 13.2 Å². The highest BCUT2D eigenvalue weighted by atomic mass is 31.2. The number of hydrogen-bond donors (Lipinski definition) is 2. The second-order valence-corrected chi connectivity index (χ2v) is 15.3. The Morgan fingerprint density at radius 1 is 0.526 bits per heavy atom. The lowest BCUT2D eigenvalue weighted by molar-refractivity contribution is -0.161. The molecule has 0 aromatic carbocycles. The molecule has 0 aliphatic carbocycles. The number of carbonyl (C=O) groups excluding carboxylic acids is 2. The fourth-order valence-corrected chi connectivity index (χ4v) is 5.98. The van der Waals surface area contributed by atoms with Crippen LogP contribution >= 0.6 is 7.82 Å². The second-order valence-electron chi connectivity index (χ2n) is 13.8. The molecule has 0 radical (unpaired) electrons. The summed E-state index contributed by atoms with van der Waals surface area (Å²) in [6.45, 7) is 3.53. The van der Waals surface area contributed by atoms with Gasteiger partial charge in [-0.1, -0.05) is 156 Å². The van der Waals surface area contributed by atoms with Crippen LogP contribution in [0.5, 0.6) is 0 Å². The van der Waals surface area contributed by atoms with Crippen LogP contribution in [-0.2, 0) is 32.7 Å². The Bertz CT molecular complexity index is 1250. The zero-order valence-corrected chi connectivity index (χ0v) is 36.4. The van der Waals surface area contributed by atoms with Gasteiger partial charge >= 0.3 is 19.8 Å². The lowest BCUT2D eigenvalue weighted by Gasteiger charge is -2.19. The van der Waals surface area contributed by atoms with Gasteiger partial charge in [0.1, 0.15) is 6.61 Å². The Balaban J connectivity index is 4.39. The summed E-state index contributed by atoms with van der Waals surface area (Å²) in [4.78, 5) is 34.8. The quantitative estimate of drug-likeness (QED) is 0.0269. The highest BCUT2D eigenvalue weighted by Gasteiger charge is 2.25. The minimum Gasteiger partial charge on any atom is -0.462 e. The van der Waals surface area contributed by atoms with Crippen LogP contribution in [0.2, 0.25) is 0 Å². The Hall–Kier alpha value is -3.07.